The lowest BCUT2D eigenvalue weighted by atomic mass is 10.2. The van der Waals surface area contributed by atoms with Crippen molar-refractivity contribution in [3.05, 3.63) is 54.0 Å². The third kappa shape index (κ3) is 4.05. The SMILES string of the molecule is C=C(Nc1ccccc1F)/C(C)=C/CN(C)C=O. The molecule has 0 saturated carbocycles. The summed E-state index contributed by atoms with van der Waals surface area (Å²) in [4.78, 5) is 11.9. The Hall–Kier alpha value is -2.10. The number of likely N-dealkylation sites (N-methyl/N-ethyl adjacent to an activating group) is 1. The normalized spacial score (nSPS) is 10.9. The van der Waals surface area contributed by atoms with E-state index in [1.165, 1.54) is 11.0 Å². The van der Waals surface area contributed by atoms with Gasteiger partial charge in [-0.1, -0.05) is 24.8 Å². The average Bonchev–Trinajstić information content (AvgIpc) is 2.38. The van der Waals surface area contributed by atoms with Gasteiger partial charge in [0, 0.05) is 19.3 Å². The number of nitrogens with zero attached hydrogens (tertiary/aromatic N) is 1. The van der Waals surface area contributed by atoms with Crippen LogP contribution in [0.3, 0.4) is 0 Å². The molecule has 18 heavy (non-hydrogen) atoms. The van der Waals surface area contributed by atoms with E-state index in [0.29, 0.717) is 17.9 Å². The highest BCUT2D eigenvalue weighted by atomic mass is 19.1. The van der Waals surface area contributed by atoms with Crippen LogP contribution >= 0.6 is 0 Å². The number of amides is 1. The summed E-state index contributed by atoms with van der Waals surface area (Å²) in [5.74, 6) is -0.323. The lowest BCUT2D eigenvalue weighted by Gasteiger charge is -2.12. The van der Waals surface area contributed by atoms with Crippen LogP contribution < -0.4 is 5.32 Å². The molecule has 0 aliphatic carbocycles. The van der Waals surface area contributed by atoms with E-state index in [-0.39, 0.29) is 5.82 Å². The zero-order valence-electron chi connectivity index (χ0n) is 10.6. The molecule has 0 spiro atoms. The molecule has 0 unspecified atom stereocenters. The maximum atomic E-state index is 13.4. The van der Waals surface area contributed by atoms with Crippen LogP contribution in [0.1, 0.15) is 6.92 Å². The van der Waals surface area contributed by atoms with Crippen LogP contribution in [-0.2, 0) is 4.79 Å². The Morgan fingerprint density at radius 2 is 2.17 bits per heavy atom. The van der Waals surface area contributed by atoms with Gasteiger partial charge in [0.15, 0.2) is 0 Å². The van der Waals surface area contributed by atoms with Gasteiger partial charge in [-0.3, -0.25) is 4.79 Å². The van der Waals surface area contributed by atoms with E-state index in [1.54, 1.807) is 25.2 Å². The third-order valence-corrected chi connectivity index (χ3v) is 2.50. The highest BCUT2D eigenvalue weighted by molar-refractivity contribution is 5.53. The Labute approximate surface area is 107 Å². The molecule has 1 N–H and O–H groups in total. The van der Waals surface area contributed by atoms with E-state index in [1.807, 2.05) is 13.0 Å². The van der Waals surface area contributed by atoms with Gasteiger partial charge in [-0.2, -0.15) is 0 Å². The largest absolute Gasteiger partial charge is 0.353 e. The standard InChI is InChI=1S/C14H17FN2O/c1-11(8-9-17(3)10-18)12(2)16-14-7-5-4-6-13(14)15/h4-8,10,16H,2,9H2,1,3H3/b11-8+. The maximum Gasteiger partial charge on any atom is 0.209 e. The number of nitrogens with one attached hydrogen (secondary N) is 1. The predicted octanol–water partition coefficient (Wildman–Crippen LogP) is 2.79. The van der Waals surface area contributed by atoms with Crippen LogP contribution in [0.15, 0.2) is 48.2 Å². The summed E-state index contributed by atoms with van der Waals surface area (Å²) < 4.78 is 13.4. The van der Waals surface area contributed by atoms with E-state index < -0.39 is 0 Å². The second-order valence-corrected chi connectivity index (χ2v) is 4.02. The summed E-state index contributed by atoms with van der Waals surface area (Å²) in [6, 6.07) is 6.41. The molecule has 0 atom stereocenters. The summed E-state index contributed by atoms with van der Waals surface area (Å²) in [5, 5.41) is 2.91. The minimum absolute atomic E-state index is 0.323. The first-order valence-electron chi connectivity index (χ1n) is 5.57. The molecule has 0 saturated heterocycles. The number of rotatable bonds is 6. The van der Waals surface area contributed by atoms with Crippen LogP contribution in [0.25, 0.3) is 0 Å². The van der Waals surface area contributed by atoms with Gasteiger partial charge in [-0.05, 0) is 24.6 Å². The molecular formula is C14H17FN2O. The fraction of sp³-hybridized carbons (Fsp3) is 0.214. The molecule has 1 amide bonds. The minimum Gasteiger partial charge on any atom is -0.353 e. The summed E-state index contributed by atoms with van der Waals surface area (Å²) in [6.07, 6.45) is 2.60. The van der Waals surface area contributed by atoms with Crippen molar-refractivity contribution in [2.75, 3.05) is 18.9 Å². The number of hydrogen-bond acceptors (Lipinski definition) is 2. The number of halogens is 1. The monoisotopic (exact) mass is 248 g/mol. The number of carbonyl (C=O) groups excluding carboxylic acids is 1. The van der Waals surface area contributed by atoms with Gasteiger partial charge in [-0.15, -0.1) is 0 Å². The van der Waals surface area contributed by atoms with E-state index in [0.717, 1.165) is 12.0 Å². The molecule has 3 nitrogen and oxygen atoms in total. The number of para-hydroxylation sites is 1. The first-order valence-corrected chi connectivity index (χ1v) is 5.57. The highest BCUT2D eigenvalue weighted by Crippen LogP contribution is 2.17. The van der Waals surface area contributed by atoms with Gasteiger partial charge < -0.3 is 10.2 Å². The minimum atomic E-state index is -0.323. The van der Waals surface area contributed by atoms with Crippen molar-refractivity contribution in [3.63, 3.8) is 0 Å². The van der Waals surface area contributed by atoms with Crippen LogP contribution in [0.5, 0.6) is 0 Å². The smallest absolute Gasteiger partial charge is 0.209 e. The molecule has 96 valence electrons. The van der Waals surface area contributed by atoms with Gasteiger partial charge >= 0.3 is 0 Å². The number of carbonyl (C=O) groups is 1. The molecule has 0 heterocycles. The van der Waals surface area contributed by atoms with E-state index in [2.05, 4.69) is 11.9 Å². The van der Waals surface area contributed by atoms with Crippen molar-refractivity contribution < 1.29 is 9.18 Å². The summed E-state index contributed by atoms with van der Waals surface area (Å²) in [6.45, 7) is 6.19. The van der Waals surface area contributed by atoms with Crippen LogP contribution in [0, 0.1) is 5.82 Å². The first kappa shape index (κ1) is 14.0. The molecule has 0 aliphatic rings. The summed E-state index contributed by atoms with van der Waals surface area (Å²) in [5.41, 5.74) is 1.87. The lowest BCUT2D eigenvalue weighted by Crippen LogP contribution is -2.16. The molecule has 0 radical (unpaired) electrons. The Morgan fingerprint density at radius 3 is 2.78 bits per heavy atom. The van der Waals surface area contributed by atoms with E-state index in [9.17, 15) is 9.18 Å². The molecule has 0 fully saturated rings. The zero-order valence-corrected chi connectivity index (χ0v) is 10.6. The molecule has 1 aromatic carbocycles. The van der Waals surface area contributed by atoms with Gasteiger partial charge in [-0.25, -0.2) is 4.39 Å². The molecule has 0 aliphatic heterocycles. The molecule has 0 bridgehead atoms. The van der Waals surface area contributed by atoms with Crippen molar-refractivity contribution in [2.45, 2.75) is 6.92 Å². The van der Waals surface area contributed by atoms with Crippen LogP contribution in [-0.4, -0.2) is 24.9 Å². The van der Waals surface area contributed by atoms with Gasteiger partial charge in [0.2, 0.25) is 6.41 Å². The Morgan fingerprint density at radius 1 is 1.50 bits per heavy atom. The Kier molecular flexibility index (Phi) is 5.11. The molecule has 1 aromatic rings. The second-order valence-electron chi connectivity index (χ2n) is 4.02. The number of hydrogen-bond donors (Lipinski definition) is 1. The fourth-order valence-corrected chi connectivity index (χ4v) is 1.27. The Balaban J connectivity index is 2.65. The van der Waals surface area contributed by atoms with E-state index in [4.69, 9.17) is 0 Å². The van der Waals surface area contributed by atoms with Crippen molar-refractivity contribution in [2.24, 2.45) is 0 Å². The van der Waals surface area contributed by atoms with Crippen molar-refractivity contribution in [1.29, 1.82) is 0 Å². The highest BCUT2D eigenvalue weighted by Gasteiger charge is 2.03. The van der Waals surface area contributed by atoms with Gasteiger partial charge in [0.05, 0.1) is 5.69 Å². The average molecular weight is 248 g/mol. The van der Waals surface area contributed by atoms with Crippen molar-refractivity contribution >= 4 is 12.1 Å². The Bertz CT molecular complexity index is 469. The van der Waals surface area contributed by atoms with Crippen LogP contribution in [0.2, 0.25) is 0 Å². The second kappa shape index (κ2) is 6.59. The fourth-order valence-electron chi connectivity index (χ4n) is 1.27. The topological polar surface area (TPSA) is 32.3 Å². The molecular weight excluding hydrogens is 231 g/mol. The van der Waals surface area contributed by atoms with Gasteiger partial charge in [0.1, 0.15) is 5.82 Å². The van der Waals surface area contributed by atoms with Crippen molar-refractivity contribution in [3.8, 4) is 0 Å². The third-order valence-electron chi connectivity index (χ3n) is 2.50. The van der Waals surface area contributed by atoms with Gasteiger partial charge in [0.25, 0.3) is 0 Å². The molecule has 0 aromatic heterocycles. The summed E-state index contributed by atoms with van der Waals surface area (Å²) in [7, 11) is 1.68. The number of benzene rings is 1. The maximum absolute atomic E-state index is 13.4. The number of allylic oxidation sites excluding steroid dienone is 1. The molecule has 1 rings (SSSR count). The predicted molar refractivity (Wildman–Crippen MR) is 71.6 cm³/mol. The zero-order chi connectivity index (χ0) is 13.5. The van der Waals surface area contributed by atoms with Crippen LogP contribution in [0.4, 0.5) is 10.1 Å². The molecule has 4 heteroatoms. The summed E-state index contributed by atoms with van der Waals surface area (Å²) >= 11 is 0. The first-order chi connectivity index (χ1) is 8.54. The van der Waals surface area contributed by atoms with Crippen molar-refractivity contribution in [1.82, 2.24) is 4.90 Å². The quantitative estimate of drug-likeness (QED) is 0.620. The van der Waals surface area contributed by atoms with E-state index >= 15 is 0 Å². The number of anilines is 1. The lowest BCUT2D eigenvalue weighted by molar-refractivity contribution is -0.116.